The van der Waals surface area contributed by atoms with Crippen molar-refractivity contribution in [1.29, 1.82) is 0 Å². The fourth-order valence-electron chi connectivity index (χ4n) is 4.87. The average Bonchev–Trinajstić information content (AvgIpc) is 3.51. The Morgan fingerprint density at radius 2 is 1.60 bits per heavy atom. The summed E-state index contributed by atoms with van der Waals surface area (Å²) in [5.41, 5.74) is 1.94. The first kappa shape index (κ1) is 26.8. The van der Waals surface area contributed by atoms with E-state index in [1.54, 1.807) is 31.5 Å². The third kappa shape index (κ3) is 5.95. The molecule has 1 aromatic heterocycles. The first-order chi connectivity index (χ1) is 19.4. The zero-order chi connectivity index (χ0) is 28.0. The fraction of sp³-hybridized carbons (Fsp3) is 0.182. The normalized spacial score (nSPS) is 13.3. The van der Waals surface area contributed by atoms with Crippen LogP contribution in [0.15, 0.2) is 109 Å². The summed E-state index contributed by atoms with van der Waals surface area (Å²) in [4.78, 5) is 34.6. The maximum Gasteiger partial charge on any atom is 0.252 e. The number of nitrogens with one attached hydrogen (secondary N) is 4. The van der Waals surface area contributed by atoms with Crippen LogP contribution in [-0.2, 0) is 23.4 Å². The number of aromatic nitrogens is 2. The molecule has 202 valence electrons. The Balaban J connectivity index is 1.32. The summed E-state index contributed by atoms with van der Waals surface area (Å²) in [6.45, 7) is 4.97. The summed E-state index contributed by atoms with van der Waals surface area (Å²) in [5.74, 6) is 0.255. The summed E-state index contributed by atoms with van der Waals surface area (Å²) in [6.07, 6.45) is 3.51. The van der Waals surface area contributed by atoms with Crippen molar-refractivity contribution in [2.45, 2.75) is 38.5 Å². The highest BCUT2D eigenvalue weighted by atomic mass is 16.2. The van der Waals surface area contributed by atoms with Gasteiger partial charge in [-0.3, -0.25) is 9.59 Å². The van der Waals surface area contributed by atoms with Crippen molar-refractivity contribution in [3.8, 4) is 0 Å². The molecule has 5 rings (SSSR count). The van der Waals surface area contributed by atoms with Crippen LogP contribution in [0.2, 0.25) is 0 Å². The van der Waals surface area contributed by atoms with E-state index in [1.165, 1.54) is 0 Å². The number of carbonyl (C=O) groups excluding carboxylic acids is 2. The molecule has 0 spiro atoms. The van der Waals surface area contributed by atoms with Crippen LogP contribution in [0, 0.1) is 0 Å². The zero-order valence-corrected chi connectivity index (χ0v) is 22.6. The van der Waals surface area contributed by atoms with Gasteiger partial charge in [-0.2, -0.15) is 0 Å². The number of H-pyrrole nitrogens is 1. The van der Waals surface area contributed by atoms with Gasteiger partial charge in [-0.25, -0.2) is 4.98 Å². The van der Waals surface area contributed by atoms with Crippen molar-refractivity contribution in [2.75, 3.05) is 0 Å². The van der Waals surface area contributed by atoms with Crippen molar-refractivity contribution in [1.82, 2.24) is 25.9 Å². The molecule has 0 unspecified atom stereocenters. The molecule has 0 saturated carbocycles. The first-order valence-electron chi connectivity index (χ1n) is 13.4. The number of aromatic amines is 1. The molecule has 0 saturated heterocycles. The number of rotatable bonds is 10. The summed E-state index contributed by atoms with van der Waals surface area (Å²) >= 11 is 0. The number of hydrogen-bond acceptors (Lipinski definition) is 4. The van der Waals surface area contributed by atoms with Crippen LogP contribution in [-0.4, -0.2) is 21.8 Å². The molecule has 4 aromatic carbocycles. The van der Waals surface area contributed by atoms with Gasteiger partial charge in [0, 0.05) is 24.5 Å². The molecule has 40 heavy (non-hydrogen) atoms. The molecule has 5 aromatic rings. The molecular weight excluding hydrogens is 498 g/mol. The van der Waals surface area contributed by atoms with Crippen LogP contribution in [0.1, 0.15) is 52.8 Å². The van der Waals surface area contributed by atoms with E-state index in [4.69, 9.17) is 0 Å². The van der Waals surface area contributed by atoms with Crippen molar-refractivity contribution in [3.63, 3.8) is 0 Å². The SMILES string of the molecule is C[C@H](NC(=O)[C@@](C)(NC(=O)c1ccc(CNCc2ncc[nH]2)cc1)c1ccccc1)c1cccc2ccccc12. The Labute approximate surface area is 234 Å². The third-order valence-electron chi connectivity index (χ3n) is 7.20. The maximum absolute atomic E-state index is 13.9. The van der Waals surface area contributed by atoms with E-state index in [1.807, 2.05) is 73.7 Å². The molecule has 0 aliphatic heterocycles. The molecule has 4 N–H and O–H groups in total. The predicted molar refractivity (Wildman–Crippen MR) is 157 cm³/mol. The second kappa shape index (κ2) is 12.0. The van der Waals surface area contributed by atoms with Gasteiger partial charge in [0.25, 0.3) is 11.8 Å². The molecule has 1 heterocycles. The largest absolute Gasteiger partial charge is 0.348 e. The Morgan fingerprint density at radius 3 is 2.35 bits per heavy atom. The monoisotopic (exact) mass is 531 g/mol. The minimum Gasteiger partial charge on any atom is -0.348 e. The molecule has 0 radical (unpaired) electrons. The van der Waals surface area contributed by atoms with Gasteiger partial charge in [0.15, 0.2) is 0 Å². The van der Waals surface area contributed by atoms with Gasteiger partial charge in [-0.05, 0) is 53.4 Å². The van der Waals surface area contributed by atoms with Gasteiger partial charge in [0.05, 0.1) is 12.6 Å². The Kier molecular flexibility index (Phi) is 8.03. The van der Waals surface area contributed by atoms with Gasteiger partial charge in [0.1, 0.15) is 11.4 Å². The molecule has 7 heteroatoms. The van der Waals surface area contributed by atoms with E-state index in [0.29, 0.717) is 24.2 Å². The van der Waals surface area contributed by atoms with Crippen molar-refractivity contribution >= 4 is 22.6 Å². The molecule has 0 bridgehead atoms. The van der Waals surface area contributed by atoms with E-state index in [-0.39, 0.29) is 17.9 Å². The van der Waals surface area contributed by atoms with Crippen molar-refractivity contribution < 1.29 is 9.59 Å². The Bertz CT molecular complexity index is 1580. The van der Waals surface area contributed by atoms with E-state index in [0.717, 1.165) is 27.7 Å². The summed E-state index contributed by atoms with van der Waals surface area (Å²) < 4.78 is 0. The smallest absolute Gasteiger partial charge is 0.252 e. The molecule has 0 aliphatic rings. The minimum absolute atomic E-state index is 0.272. The highest BCUT2D eigenvalue weighted by molar-refractivity contribution is 5.99. The van der Waals surface area contributed by atoms with Crippen LogP contribution >= 0.6 is 0 Å². The van der Waals surface area contributed by atoms with Gasteiger partial charge in [-0.1, -0.05) is 84.9 Å². The van der Waals surface area contributed by atoms with E-state index in [9.17, 15) is 9.59 Å². The highest BCUT2D eigenvalue weighted by Gasteiger charge is 2.38. The lowest BCUT2D eigenvalue weighted by atomic mass is 9.89. The van der Waals surface area contributed by atoms with Gasteiger partial charge in [-0.15, -0.1) is 0 Å². The molecule has 2 amide bonds. The standard InChI is InChI=1S/C33H33N5O2/c1-23(28-14-8-10-25-9-6-7-13-29(25)28)37-32(40)33(2,27-11-4-3-5-12-27)38-31(39)26-17-15-24(16-18-26)21-34-22-30-35-19-20-36-30/h3-20,23,34H,21-22H2,1-2H3,(H,35,36)(H,37,40)(H,38,39)/t23-,33-/m0/s1. The third-order valence-corrected chi connectivity index (χ3v) is 7.20. The second-order valence-electron chi connectivity index (χ2n) is 10.0. The predicted octanol–water partition coefficient (Wildman–Crippen LogP) is 5.38. The fourth-order valence-corrected chi connectivity index (χ4v) is 4.87. The molecule has 2 atom stereocenters. The minimum atomic E-state index is -1.29. The number of carbonyl (C=O) groups is 2. The van der Waals surface area contributed by atoms with Crippen LogP contribution in [0.5, 0.6) is 0 Å². The maximum atomic E-state index is 13.9. The van der Waals surface area contributed by atoms with E-state index < -0.39 is 5.54 Å². The Hall–Kier alpha value is -4.75. The lowest BCUT2D eigenvalue weighted by Crippen LogP contribution is -2.54. The molecule has 7 nitrogen and oxygen atoms in total. The number of imidazole rings is 1. The molecular formula is C33H33N5O2. The van der Waals surface area contributed by atoms with Gasteiger partial charge in [0.2, 0.25) is 0 Å². The van der Waals surface area contributed by atoms with Crippen molar-refractivity contribution in [2.24, 2.45) is 0 Å². The first-order valence-corrected chi connectivity index (χ1v) is 13.4. The molecule has 0 fully saturated rings. The van der Waals surface area contributed by atoms with E-state index in [2.05, 4.69) is 44.1 Å². The van der Waals surface area contributed by atoms with Crippen molar-refractivity contribution in [3.05, 3.63) is 138 Å². The zero-order valence-electron chi connectivity index (χ0n) is 22.6. The summed E-state index contributed by atoms with van der Waals surface area (Å²) in [7, 11) is 0. The van der Waals surface area contributed by atoms with Crippen LogP contribution in [0.4, 0.5) is 0 Å². The molecule has 0 aliphatic carbocycles. The van der Waals surface area contributed by atoms with Gasteiger partial charge >= 0.3 is 0 Å². The van der Waals surface area contributed by atoms with E-state index >= 15 is 0 Å². The van der Waals surface area contributed by atoms with Gasteiger partial charge < -0.3 is 20.9 Å². The number of fused-ring (bicyclic) bond motifs is 1. The topological polar surface area (TPSA) is 98.9 Å². The van der Waals surface area contributed by atoms with Crippen LogP contribution < -0.4 is 16.0 Å². The lowest BCUT2D eigenvalue weighted by Gasteiger charge is -2.32. The average molecular weight is 532 g/mol. The quantitative estimate of drug-likeness (QED) is 0.195. The summed E-state index contributed by atoms with van der Waals surface area (Å²) in [5, 5.41) is 11.7. The summed E-state index contributed by atoms with van der Waals surface area (Å²) in [6, 6.07) is 30.6. The highest BCUT2D eigenvalue weighted by Crippen LogP contribution is 2.27. The number of nitrogens with zero attached hydrogens (tertiary/aromatic N) is 1. The number of amides is 2. The second-order valence-corrected chi connectivity index (χ2v) is 10.0. The lowest BCUT2D eigenvalue weighted by molar-refractivity contribution is -0.127. The Morgan fingerprint density at radius 1 is 0.875 bits per heavy atom. The van der Waals surface area contributed by atoms with Crippen LogP contribution in [0.3, 0.4) is 0 Å². The number of benzene rings is 4. The number of hydrogen-bond donors (Lipinski definition) is 4. The van der Waals surface area contributed by atoms with Crippen LogP contribution in [0.25, 0.3) is 10.8 Å².